The van der Waals surface area contributed by atoms with Crippen molar-refractivity contribution < 1.29 is 4.39 Å². The van der Waals surface area contributed by atoms with Crippen LogP contribution in [0.5, 0.6) is 0 Å². The van der Waals surface area contributed by atoms with E-state index in [1.54, 1.807) is 30.7 Å². The van der Waals surface area contributed by atoms with E-state index in [0.29, 0.717) is 17.5 Å². The molecule has 0 amide bonds. The molecule has 0 bridgehead atoms. The molecule has 3 aromatic heterocycles. The number of pyridine rings is 2. The summed E-state index contributed by atoms with van der Waals surface area (Å²) >= 11 is 0. The normalized spacial score (nSPS) is 20.1. The molecular formula is C26H24FN7. The highest BCUT2D eigenvalue weighted by atomic mass is 19.1. The monoisotopic (exact) mass is 453 g/mol. The van der Waals surface area contributed by atoms with Gasteiger partial charge in [0, 0.05) is 42.0 Å². The topological polar surface area (TPSA) is 80.0 Å². The van der Waals surface area contributed by atoms with E-state index in [2.05, 4.69) is 15.6 Å². The van der Waals surface area contributed by atoms with Gasteiger partial charge in [0.2, 0.25) is 0 Å². The second kappa shape index (κ2) is 8.46. The quantitative estimate of drug-likeness (QED) is 0.462. The summed E-state index contributed by atoms with van der Waals surface area (Å²) in [6, 6.07) is 14.5. The molecule has 2 N–H and O–H groups in total. The van der Waals surface area contributed by atoms with Crippen molar-refractivity contribution >= 4 is 17.4 Å². The number of nitrogens with one attached hydrogen (secondary N) is 2. The smallest absolute Gasteiger partial charge is 0.274 e. The average Bonchev–Trinajstić information content (AvgIpc) is 3.53. The second-order valence-corrected chi connectivity index (χ2v) is 8.63. The van der Waals surface area contributed by atoms with Gasteiger partial charge in [0.1, 0.15) is 11.6 Å². The van der Waals surface area contributed by atoms with Gasteiger partial charge in [-0.2, -0.15) is 0 Å². The summed E-state index contributed by atoms with van der Waals surface area (Å²) in [6.45, 7) is 0. The van der Waals surface area contributed by atoms with Crippen LogP contribution in [0.2, 0.25) is 0 Å². The average molecular weight is 454 g/mol. The van der Waals surface area contributed by atoms with Gasteiger partial charge in [0.05, 0.1) is 11.2 Å². The van der Waals surface area contributed by atoms with Crippen LogP contribution in [0, 0.1) is 5.82 Å². The molecule has 6 rings (SSSR count). The van der Waals surface area contributed by atoms with Gasteiger partial charge in [-0.05, 0) is 67.4 Å². The highest BCUT2D eigenvalue weighted by Crippen LogP contribution is 2.33. The van der Waals surface area contributed by atoms with Crippen LogP contribution >= 0.6 is 0 Å². The lowest BCUT2D eigenvalue weighted by molar-refractivity contribution is 0.173. The van der Waals surface area contributed by atoms with E-state index in [-0.39, 0.29) is 5.82 Å². The lowest BCUT2D eigenvalue weighted by Crippen LogP contribution is -2.59. The first-order chi connectivity index (χ1) is 16.7. The Morgan fingerprint density at radius 3 is 2.47 bits per heavy atom. The Hall–Kier alpha value is -3.91. The van der Waals surface area contributed by atoms with Gasteiger partial charge in [-0.3, -0.25) is 14.9 Å². The van der Waals surface area contributed by atoms with E-state index in [1.807, 2.05) is 41.1 Å². The minimum Gasteiger partial charge on any atom is -0.337 e. The molecule has 0 radical (unpaired) electrons. The van der Waals surface area contributed by atoms with Crippen LogP contribution in [0.25, 0.3) is 33.8 Å². The lowest BCUT2D eigenvalue weighted by atomic mass is 10.2. The van der Waals surface area contributed by atoms with Crippen LogP contribution in [0.1, 0.15) is 25.7 Å². The van der Waals surface area contributed by atoms with Crippen molar-refractivity contribution in [1.29, 1.82) is 0 Å². The Labute approximate surface area is 196 Å². The molecule has 0 spiro atoms. The number of halogens is 1. The van der Waals surface area contributed by atoms with Crippen molar-refractivity contribution in [2.24, 2.45) is 4.99 Å². The fourth-order valence-electron chi connectivity index (χ4n) is 4.78. The van der Waals surface area contributed by atoms with Crippen molar-refractivity contribution in [1.82, 2.24) is 30.2 Å². The molecule has 1 saturated carbocycles. The predicted octanol–water partition coefficient (Wildman–Crippen LogP) is 4.59. The Morgan fingerprint density at radius 1 is 0.941 bits per heavy atom. The number of imidazole rings is 1. The largest absolute Gasteiger partial charge is 0.337 e. The molecule has 1 fully saturated rings. The van der Waals surface area contributed by atoms with Crippen molar-refractivity contribution in [3.63, 3.8) is 0 Å². The molecule has 1 aliphatic heterocycles. The maximum atomic E-state index is 13.7. The summed E-state index contributed by atoms with van der Waals surface area (Å²) < 4.78 is 15.8. The number of benzene rings is 1. The molecule has 1 aliphatic carbocycles. The van der Waals surface area contributed by atoms with Gasteiger partial charge in [-0.25, -0.2) is 19.4 Å². The number of nitrogens with zero attached hydrogens (tertiary/aromatic N) is 5. The number of hydrogen-bond donors (Lipinski definition) is 2. The van der Waals surface area contributed by atoms with Gasteiger partial charge in [0.25, 0.3) is 5.91 Å². The molecule has 170 valence electrons. The van der Waals surface area contributed by atoms with Gasteiger partial charge in [-0.1, -0.05) is 12.8 Å². The molecule has 2 aliphatic rings. The number of fused-ring (bicyclic) bond motifs is 1. The second-order valence-electron chi connectivity index (χ2n) is 8.63. The number of rotatable bonds is 5. The summed E-state index contributed by atoms with van der Waals surface area (Å²) in [5.41, 5.74) is 3.97. The minimum atomic E-state index is -0.970. The summed E-state index contributed by atoms with van der Waals surface area (Å²) in [6.07, 6.45) is 13.6. The van der Waals surface area contributed by atoms with Crippen LogP contribution in [0.3, 0.4) is 0 Å². The Morgan fingerprint density at radius 2 is 1.74 bits per heavy atom. The Kier molecular flexibility index (Phi) is 5.15. The van der Waals surface area contributed by atoms with Crippen LogP contribution < -0.4 is 10.6 Å². The molecule has 4 heterocycles. The fourth-order valence-corrected chi connectivity index (χ4v) is 4.78. The third-order valence-electron chi connectivity index (χ3n) is 6.41. The zero-order chi connectivity index (χ0) is 23.0. The van der Waals surface area contributed by atoms with Crippen LogP contribution in [-0.2, 0) is 5.91 Å². The van der Waals surface area contributed by atoms with Crippen LogP contribution in [0.4, 0.5) is 4.39 Å². The number of aromatic nitrogens is 4. The Balaban J connectivity index is 1.57. The van der Waals surface area contributed by atoms with Crippen molar-refractivity contribution in [2.45, 2.75) is 37.6 Å². The molecule has 1 atom stereocenters. The van der Waals surface area contributed by atoms with E-state index in [9.17, 15) is 4.39 Å². The van der Waals surface area contributed by atoms with E-state index in [1.165, 1.54) is 25.0 Å². The molecule has 1 aromatic carbocycles. The lowest BCUT2D eigenvalue weighted by Gasteiger charge is -2.37. The van der Waals surface area contributed by atoms with Crippen molar-refractivity contribution in [3.05, 3.63) is 79.0 Å². The standard InChI is InChI=1S/C26H24FN7/c27-20-8-6-19(7-9-20)25-32-24-23(11-10-22(31-24)18-12-16-28-17-13-18)34(25)26(29-14-3-15-30-26)33-21-4-1-2-5-21/h3,6-17,21,29,33H,1-2,4-5H2. The van der Waals surface area contributed by atoms with E-state index in [0.717, 1.165) is 35.2 Å². The first kappa shape index (κ1) is 20.7. The maximum absolute atomic E-state index is 13.7. The summed E-state index contributed by atoms with van der Waals surface area (Å²) in [5, 5.41) is 7.19. The predicted molar refractivity (Wildman–Crippen MR) is 130 cm³/mol. The van der Waals surface area contributed by atoms with E-state index >= 15 is 0 Å². The minimum absolute atomic E-state index is 0.292. The van der Waals surface area contributed by atoms with Gasteiger partial charge < -0.3 is 5.32 Å². The SMILES string of the molecule is Fc1ccc(-c2nc3nc(-c4ccncc4)ccc3n2C2(NC3CCCC3)N=CC=CN2)cc1. The third kappa shape index (κ3) is 3.66. The van der Waals surface area contributed by atoms with Gasteiger partial charge in [0.15, 0.2) is 5.65 Å². The molecule has 34 heavy (non-hydrogen) atoms. The fraction of sp³-hybridized carbons (Fsp3) is 0.231. The highest BCUT2D eigenvalue weighted by molar-refractivity contribution is 5.81. The zero-order valence-electron chi connectivity index (χ0n) is 18.5. The first-order valence-electron chi connectivity index (χ1n) is 11.5. The van der Waals surface area contributed by atoms with Crippen LogP contribution in [-0.4, -0.2) is 31.8 Å². The van der Waals surface area contributed by atoms with E-state index in [4.69, 9.17) is 15.0 Å². The van der Waals surface area contributed by atoms with E-state index < -0.39 is 5.91 Å². The molecule has 7 nitrogen and oxygen atoms in total. The summed E-state index contributed by atoms with van der Waals surface area (Å²) in [7, 11) is 0. The number of hydrogen-bond acceptors (Lipinski definition) is 6. The highest BCUT2D eigenvalue weighted by Gasteiger charge is 2.38. The van der Waals surface area contributed by atoms with Crippen LogP contribution in [0.15, 0.2) is 78.2 Å². The van der Waals surface area contributed by atoms with Gasteiger partial charge in [-0.15, -0.1) is 0 Å². The number of allylic oxidation sites excluding steroid dienone is 1. The zero-order valence-corrected chi connectivity index (χ0v) is 18.5. The summed E-state index contributed by atoms with van der Waals surface area (Å²) in [5.74, 6) is -0.609. The summed E-state index contributed by atoms with van der Waals surface area (Å²) in [4.78, 5) is 18.8. The molecule has 8 heteroatoms. The third-order valence-corrected chi connectivity index (χ3v) is 6.41. The number of aliphatic imine (C=N–C) groups is 1. The molecule has 0 saturated heterocycles. The molecule has 1 unspecified atom stereocenters. The first-order valence-corrected chi connectivity index (χ1v) is 11.5. The maximum Gasteiger partial charge on any atom is 0.274 e. The molecule has 4 aromatic rings. The van der Waals surface area contributed by atoms with Crippen molar-refractivity contribution in [3.8, 4) is 22.6 Å². The Bertz CT molecular complexity index is 1370. The van der Waals surface area contributed by atoms with Crippen molar-refractivity contribution in [2.75, 3.05) is 0 Å². The molecular weight excluding hydrogens is 429 g/mol. The van der Waals surface area contributed by atoms with Gasteiger partial charge >= 0.3 is 0 Å².